The Balaban J connectivity index is 1.91. The van der Waals surface area contributed by atoms with E-state index in [1.807, 2.05) is 20.8 Å². The van der Waals surface area contributed by atoms with Crippen molar-refractivity contribution in [2.45, 2.75) is 32.3 Å². The van der Waals surface area contributed by atoms with Crippen molar-refractivity contribution in [3.8, 4) is 5.88 Å². The van der Waals surface area contributed by atoms with Crippen LogP contribution >= 0.6 is 0 Å². The van der Waals surface area contributed by atoms with Gasteiger partial charge < -0.3 is 14.7 Å². The summed E-state index contributed by atoms with van der Waals surface area (Å²) in [7, 11) is 1.68. The monoisotopic (exact) mass is 253 g/mol. The molecule has 2 rings (SSSR count). The van der Waals surface area contributed by atoms with E-state index in [4.69, 9.17) is 4.74 Å². The molecule has 0 spiro atoms. The molecule has 18 heavy (non-hydrogen) atoms. The van der Waals surface area contributed by atoms with Gasteiger partial charge >= 0.3 is 6.09 Å². The number of aryl methyl sites for hydroxylation is 1. The van der Waals surface area contributed by atoms with E-state index in [1.165, 1.54) is 4.68 Å². The largest absolute Gasteiger partial charge is 0.493 e. The molecule has 1 saturated heterocycles. The van der Waals surface area contributed by atoms with E-state index in [9.17, 15) is 9.90 Å². The third-order valence-corrected chi connectivity index (χ3v) is 2.91. The van der Waals surface area contributed by atoms with Gasteiger partial charge in [-0.1, -0.05) is 0 Å². The topological polar surface area (TPSA) is 67.6 Å². The minimum absolute atomic E-state index is 0.145. The Morgan fingerprint density at radius 2 is 2.11 bits per heavy atom. The van der Waals surface area contributed by atoms with Gasteiger partial charge in [0.05, 0.1) is 6.20 Å². The summed E-state index contributed by atoms with van der Waals surface area (Å²) in [6.45, 7) is 6.65. The molecular weight excluding hydrogens is 234 g/mol. The van der Waals surface area contributed by atoms with Crippen molar-refractivity contribution in [3.05, 3.63) is 11.8 Å². The number of hydrogen-bond donors (Lipinski definition) is 1. The van der Waals surface area contributed by atoms with Crippen molar-refractivity contribution < 1.29 is 14.6 Å². The fraction of sp³-hybridized carbons (Fsp3) is 0.667. The molecule has 1 N–H and O–H groups in total. The third kappa shape index (κ3) is 2.42. The van der Waals surface area contributed by atoms with Crippen molar-refractivity contribution in [1.29, 1.82) is 0 Å². The van der Waals surface area contributed by atoms with Crippen molar-refractivity contribution in [2.24, 2.45) is 7.05 Å². The Morgan fingerprint density at radius 3 is 2.56 bits per heavy atom. The van der Waals surface area contributed by atoms with Crippen molar-refractivity contribution in [2.75, 3.05) is 13.1 Å². The number of rotatable bonds is 1. The predicted octanol–water partition coefficient (Wildman–Crippen LogP) is 1.46. The van der Waals surface area contributed by atoms with Gasteiger partial charge in [-0.05, 0) is 20.8 Å². The molecule has 1 aromatic heterocycles. The first-order valence-electron chi connectivity index (χ1n) is 5.96. The Hall–Kier alpha value is -1.72. The zero-order chi connectivity index (χ0) is 13.5. The second-order valence-corrected chi connectivity index (χ2v) is 5.63. The summed E-state index contributed by atoms with van der Waals surface area (Å²) in [5, 5.41) is 13.7. The minimum atomic E-state index is -0.474. The van der Waals surface area contributed by atoms with Gasteiger partial charge in [0.15, 0.2) is 0 Å². The van der Waals surface area contributed by atoms with Gasteiger partial charge in [0, 0.05) is 31.6 Å². The molecule has 0 aliphatic carbocycles. The highest BCUT2D eigenvalue weighted by Crippen LogP contribution is 2.33. The van der Waals surface area contributed by atoms with Crippen LogP contribution in [0.3, 0.4) is 0 Å². The van der Waals surface area contributed by atoms with Gasteiger partial charge in [-0.3, -0.25) is 0 Å². The van der Waals surface area contributed by atoms with E-state index in [-0.39, 0.29) is 17.9 Å². The normalized spacial score (nSPS) is 16.6. The zero-order valence-corrected chi connectivity index (χ0v) is 11.2. The van der Waals surface area contributed by atoms with Crippen LogP contribution in [0.1, 0.15) is 32.3 Å². The minimum Gasteiger partial charge on any atom is -0.493 e. The molecule has 0 atom stereocenters. The van der Waals surface area contributed by atoms with Crippen LogP contribution < -0.4 is 0 Å². The van der Waals surface area contributed by atoms with Gasteiger partial charge in [-0.25, -0.2) is 9.48 Å². The summed E-state index contributed by atoms with van der Waals surface area (Å²) >= 11 is 0. The van der Waals surface area contributed by atoms with E-state index in [0.717, 1.165) is 5.56 Å². The highest BCUT2D eigenvalue weighted by atomic mass is 16.6. The van der Waals surface area contributed by atoms with Crippen LogP contribution in [0.15, 0.2) is 6.20 Å². The van der Waals surface area contributed by atoms with Gasteiger partial charge in [0.2, 0.25) is 5.88 Å². The number of aromatic hydroxyl groups is 1. The molecule has 1 aliphatic rings. The molecule has 6 heteroatoms. The van der Waals surface area contributed by atoms with E-state index in [0.29, 0.717) is 13.1 Å². The average molecular weight is 253 g/mol. The van der Waals surface area contributed by atoms with E-state index < -0.39 is 5.60 Å². The molecule has 1 aromatic rings. The second-order valence-electron chi connectivity index (χ2n) is 5.63. The molecule has 0 bridgehead atoms. The first-order chi connectivity index (χ1) is 8.28. The van der Waals surface area contributed by atoms with Crippen LogP contribution in [0.4, 0.5) is 4.79 Å². The van der Waals surface area contributed by atoms with Crippen LogP contribution in [-0.2, 0) is 11.8 Å². The maximum atomic E-state index is 11.7. The lowest BCUT2D eigenvalue weighted by Gasteiger charge is -2.39. The molecule has 0 radical (unpaired) electrons. The van der Waals surface area contributed by atoms with E-state index in [1.54, 1.807) is 18.1 Å². The summed E-state index contributed by atoms with van der Waals surface area (Å²) in [6.07, 6.45) is 1.34. The predicted molar refractivity (Wildman–Crippen MR) is 65.4 cm³/mol. The average Bonchev–Trinajstić information content (AvgIpc) is 2.44. The second kappa shape index (κ2) is 4.19. The molecule has 0 unspecified atom stereocenters. The summed E-state index contributed by atoms with van der Waals surface area (Å²) in [5.41, 5.74) is 0.316. The van der Waals surface area contributed by atoms with Crippen LogP contribution in [0, 0.1) is 0 Å². The number of carbonyl (C=O) groups is 1. The number of amides is 1. The van der Waals surface area contributed by atoms with E-state index in [2.05, 4.69) is 5.10 Å². The number of likely N-dealkylation sites (tertiary alicyclic amines) is 1. The first kappa shape index (κ1) is 12.7. The van der Waals surface area contributed by atoms with Crippen molar-refractivity contribution in [1.82, 2.24) is 14.7 Å². The van der Waals surface area contributed by atoms with E-state index >= 15 is 0 Å². The molecule has 1 amide bonds. The Bertz CT molecular complexity index is 456. The summed E-state index contributed by atoms with van der Waals surface area (Å²) < 4.78 is 6.69. The standard InChI is InChI=1S/C12H19N3O3/c1-12(2,3)18-11(17)15-6-8(7-15)9-5-13-14(4)10(9)16/h5,8,16H,6-7H2,1-4H3. The number of nitrogens with zero attached hydrogens (tertiary/aromatic N) is 3. The third-order valence-electron chi connectivity index (χ3n) is 2.91. The molecule has 1 aliphatic heterocycles. The highest BCUT2D eigenvalue weighted by molar-refractivity contribution is 5.69. The molecule has 0 saturated carbocycles. The van der Waals surface area contributed by atoms with Crippen LogP contribution in [-0.4, -0.2) is 44.6 Å². The lowest BCUT2D eigenvalue weighted by atomic mass is 9.94. The summed E-state index contributed by atoms with van der Waals surface area (Å²) in [5.74, 6) is 0.315. The Morgan fingerprint density at radius 1 is 1.50 bits per heavy atom. The fourth-order valence-electron chi connectivity index (χ4n) is 1.89. The Kier molecular flexibility index (Phi) is 2.96. The van der Waals surface area contributed by atoms with Crippen LogP contribution in [0.25, 0.3) is 0 Å². The van der Waals surface area contributed by atoms with Gasteiger partial charge in [0.1, 0.15) is 5.60 Å². The molecule has 2 heterocycles. The lowest BCUT2D eigenvalue weighted by Crippen LogP contribution is -2.50. The fourth-order valence-corrected chi connectivity index (χ4v) is 1.89. The van der Waals surface area contributed by atoms with Gasteiger partial charge in [0.25, 0.3) is 0 Å². The SMILES string of the molecule is Cn1ncc(C2CN(C(=O)OC(C)(C)C)C2)c1O. The molecule has 1 fully saturated rings. The van der Waals surface area contributed by atoms with Crippen LogP contribution in [0.2, 0.25) is 0 Å². The number of carbonyl (C=O) groups excluding carboxylic acids is 1. The lowest BCUT2D eigenvalue weighted by molar-refractivity contribution is 0.00797. The summed E-state index contributed by atoms with van der Waals surface area (Å²) in [4.78, 5) is 13.4. The van der Waals surface area contributed by atoms with Crippen molar-refractivity contribution >= 4 is 6.09 Å². The van der Waals surface area contributed by atoms with Crippen molar-refractivity contribution in [3.63, 3.8) is 0 Å². The van der Waals surface area contributed by atoms with Crippen LogP contribution in [0.5, 0.6) is 5.88 Å². The van der Waals surface area contributed by atoms with Gasteiger partial charge in [-0.2, -0.15) is 5.10 Å². The maximum absolute atomic E-state index is 11.7. The number of aromatic nitrogens is 2. The zero-order valence-electron chi connectivity index (χ0n) is 11.2. The molecular formula is C12H19N3O3. The van der Waals surface area contributed by atoms with Gasteiger partial charge in [-0.15, -0.1) is 0 Å². The smallest absolute Gasteiger partial charge is 0.410 e. The first-order valence-corrected chi connectivity index (χ1v) is 5.96. The maximum Gasteiger partial charge on any atom is 0.410 e. The summed E-state index contributed by atoms with van der Waals surface area (Å²) in [6, 6.07) is 0. The molecule has 6 nitrogen and oxygen atoms in total. The quantitative estimate of drug-likeness (QED) is 0.822. The number of ether oxygens (including phenoxy) is 1. The highest BCUT2D eigenvalue weighted by Gasteiger charge is 2.36. The Labute approximate surface area is 106 Å². The molecule has 100 valence electrons. The molecule has 0 aromatic carbocycles. The number of hydrogen-bond acceptors (Lipinski definition) is 4.